The second-order valence-corrected chi connectivity index (χ2v) is 7.00. The Morgan fingerprint density at radius 2 is 1.76 bits per heavy atom. The van der Waals surface area contributed by atoms with Crippen LogP contribution in [0.5, 0.6) is 5.75 Å². The van der Waals surface area contributed by atoms with E-state index < -0.39 is 0 Å². The standard InChI is InChI=1S/C21H28N2O2/c1-16-5-4-7-18(21(16)25)13-22-20-8-3-2-6-19(20)14-23-11-9-17(15-24)10-12-23/h2-8,17,22,24-25H,9-15H2,1H3. The molecule has 0 spiro atoms. The normalized spacial score (nSPS) is 16.1. The van der Waals surface area contributed by atoms with E-state index in [9.17, 15) is 10.2 Å². The van der Waals surface area contributed by atoms with Crippen LogP contribution in [0.3, 0.4) is 0 Å². The summed E-state index contributed by atoms with van der Waals surface area (Å²) in [6, 6.07) is 14.2. The third-order valence-electron chi connectivity index (χ3n) is 5.17. The van der Waals surface area contributed by atoms with E-state index in [1.165, 1.54) is 5.56 Å². The number of benzene rings is 2. The third kappa shape index (κ3) is 4.53. The van der Waals surface area contributed by atoms with Gasteiger partial charge in [-0.2, -0.15) is 0 Å². The number of rotatable bonds is 6. The number of aromatic hydroxyl groups is 1. The van der Waals surface area contributed by atoms with Crippen molar-refractivity contribution >= 4 is 5.69 Å². The Hall–Kier alpha value is -2.04. The van der Waals surface area contributed by atoms with Gasteiger partial charge < -0.3 is 15.5 Å². The van der Waals surface area contributed by atoms with Gasteiger partial charge in [0.05, 0.1) is 0 Å². The minimum Gasteiger partial charge on any atom is -0.507 e. The Balaban J connectivity index is 1.64. The predicted molar refractivity (Wildman–Crippen MR) is 102 cm³/mol. The Labute approximate surface area is 150 Å². The molecule has 0 radical (unpaired) electrons. The van der Waals surface area contributed by atoms with Gasteiger partial charge in [0.15, 0.2) is 0 Å². The Morgan fingerprint density at radius 1 is 1.04 bits per heavy atom. The molecule has 0 atom stereocenters. The van der Waals surface area contributed by atoms with Gasteiger partial charge in [0.2, 0.25) is 0 Å². The first-order chi connectivity index (χ1) is 12.2. The van der Waals surface area contributed by atoms with Crippen molar-refractivity contribution in [2.45, 2.75) is 32.9 Å². The van der Waals surface area contributed by atoms with Gasteiger partial charge in [-0.05, 0) is 56.0 Å². The van der Waals surface area contributed by atoms with E-state index in [2.05, 4.69) is 28.4 Å². The number of hydrogen-bond donors (Lipinski definition) is 3. The second kappa shape index (κ2) is 8.37. The van der Waals surface area contributed by atoms with Crippen LogP contribution in [0.2, 0.25) is 0 Å². The van der Waals surface area contributed by atoms with Crippen molar-refractivity contribution < 1.29 is 10.2 Å². The number of nitrogens with one attached hydrogen (secondary N) is 1. The van der Waals surface area contributed by atoms with E-state index in [-0.39, 0.29) is 0 Å². The molecule has 25 heavy (non-hydrogen) atoms. The molecule has 1 fully saturated rings. The highest BCUT2D eigenvalue weighted by Gasteiger charge is 2.19. The van der Waals surface area contributed by atoms with Crippen molar-refractivity contribution in [2.75, 3.05) is 25.0 Å². The second-order valence-electron chi connectivity index (χ2n) is 7.00. The molecule has 0 unspecified atom stereocenters. The first-order valence-corrected chi connectivity index (χ1v) is 9.10. The Bertz CT molecular complexity index is 694. The number of phenols is 1. The van der Waals surface area contributed by atoms with Gasteiger partial charge in [0.25, 0.3) is 0 Å². The molecule has 0 amide bonds. The van der Waals surface area contributed by atoms with Gasteiger partial charge in [-0.1, -0.05) is 36.4 Å². The summed E-state index contributed by atoms with van der Waals surface area (Å²) in [4.78, 5) is 2.46. The number of piperidine rings is 1. The summed E-state index contributed by atoms with van der Waals surface area (Å²) < 4.78 is 0. The molecule has 0 bridgehead atoms. The number of aliphatic hydroxyl groups excluding tert-OH is 1. The largest absolute Gasteiger partial charge is 0.507 e. The molecule has 134 valence electrons. The monoisotopic (exact) mass is 340 g/mol. The molecule has 4 nitrogen and oxygen atoms in total. The number of nitrogens with zero attached hydrogens (tertiary/aromatic N) is 1. The Kier molecular flexibility index (Phi) is 5.95. The number of para-hydroxylation sites is 2. The molecule has 1 aliphatic rings. The molecule has 0 saturated carbocycles. The van der Waals surface area contributed by atoms with E-state index >= 15 is 0 Å². The number of hydrogen-bond acceptors (Lipinski definition) is 4. The summed E-state index contributed by atoms with van der Waals surface area (Å²) in [5.41, 5.74) is 4.21. The quantitative estimate of drug-likeness (QED) is 0.753. The first kappa shape index (κ1) is 17.8. The van der Waals surface area contributed by atoms with E-state index in [4.69, 9.17) is 0 Å². The van der Waals surface area contributed by atoms with Crippen LogP contribution in [0.4, 0.5) is 5.69 Å². The van der Waals surface area contributed by atoms with Crippen LogP contribution >= 0.6 is 0 Å². The highest BCUT2D eigenvalue weighted by molar-refractivity contribution is 5.52. The number of phenolic OH excluding ortho intramolecular Hbond substituents is 1. The molecular weight excluding hydrogens is 312 g/mol. The van der Waals surface area contributed by atoms with Crippen LogP contribution in [0, 0.1) is 12.8 Å². The maximum Gasteiger partial charge on any atom is 0.123 e. The molecule has 0 aliphatic carbocycles. The van der Waals surface area contributed by atoms with E-state index in [0.29, 0.717) is 24.8 Å². The molecule has 1 heterocycles. The molecule has 4 heteroatoms. The highest BCUT2D eigenvalue weighted by Crippen LogP contribution is 2.25. The van der Waals surface area contributed by atoms with Crippen LogP contribution in [0.25, 0.3) is 0 Å². The van der Waals surface area contributed by atoms with E-state index in [0.717, 1.165) is 49.3 Å². The summed E-state index contributed by atoms with van der Waals surface area (Å²) in [6.07, 6.45) is 2.15. The van der Waals surface area contributed by atoms with Crippen molar-refractivity contribution in [2.24, 2.45) is 5.92 Å². The minimum atomic E-state index is 0.311. The van der Waals surface area contributed by atoms with Gasteiger partial charge in [0.1, 0.15) is 5.75 Å². The van der Waals surface area contributed by atoms with E-state index in [1.54, 1.807) is 0 Å². The fraction of sp³-hybridized carbons (Fsp3) is 0.429. The average molecular weight is 340 g/mol. The van der Waals surface area contributed by atoms with Crippen molar-refractivity contribution in [3.05, 3.63) is 59.2 Å². The lowest BCUT2D eigenvalue weighted by Crippen LogP contribution is -2.34. The van der Waals surface area contributed by atoms with Crippen molar-refractivity contribution in [1.29, 1.82) is 0 Å². The third-order valence-corrected chi connectivity index (χ3v) is 5.17. The molecule has 1 aliphatic heterocycles. The fourth-order valence-corrected chi connectivity index (χ4v) is 3.45. The van der Waals surface area contributed by atoms with Crippen molar-refractivity contribution in [3.63, 3.8) is 0 Å². The lowest BCUT2D eigenvalue weighted by molar-refractivity contribution is 0.127. The molecule has 1 saturated heterocycles. The van der Waals surface area contributed by atoms with Gasteiger partial charge >= 0.3 is 0 Å². The van der Waals surface area contributed by atoms with Gasteiger partial charge in [0, 0.05) is 30.9 Å². The zero-order valence-corrected chi connectivity index (χ0v) is 14.9. The molecule has 3 N–H and O–H groups in total. The lowest BCUT2D eigenvalue weighted by atomic mass is 9.97. The highest BCUT2D eigenvalue weighted by atomic mass is 16.3. The predicted octanol–water partition coefficient (Wildman–Crippen LogP) is 3.52. The molecule has 2 aromatic rings. The number of anilines is 1. The smallest absolute Gasteiger partial charge is 0.123 e. The average Bonchev–Trinajstić information content (AvgIpc) is 2.65. The minimum absolute atomic E-state index is 0.311. The van der Waals surface area contributed by atoms with Crippen LogP contribution < -0.4 is 5.32 Å². The maximum absolute atomic E-state index is 10.2. The van der Waals surface area contributed by atoms with Crippen LogP contribution in [-0.4, -0.2) is 34.8 Å². The fourth-order valence-electron chi connectivity index (χ4n) is 3.45. The molecular formula is C21H28N2O2. The van der Waals surface area contributed by atoms with Crippen LogP contribution in [-0.2, 0) is 13.1 Å². The van der Waals surface area contributed by atoms with Gasteiger partial charge in [-0.15, -0.1) is 0 Å². The summed E-state index contributed by atoms with van der Waals surface area (Å²) in [7, 11) is 0. The van der Waals surface area contributed by atoms with Crippen molar-refractivity contribution in [3.8, 4) is 5.75 Å². The van der Waals surface area contributed by atoms with E-state index in [1.807, 2.05) is 31.2 Å². The topological polar surface area (TPSA) is 55.7 Å². The molecule has 0 aromatic heterocycles. The molecule has 2 aromatic carbocycles. The zero-order valence-electron chi connectivity index (χ0n) is 14.9. The summed E-state index contributed by atoms with van der Waals surface area (Å²) in [5, 5.41) is 22.9. The first-order valence-electron chi connectivity index (χ1n) is 9.10. The summed E-state index contributed by atoms with van der Waals surface area (Å²) in [5.74, 6) is 0.840. The van der Waals surface area contributed by atoms with Crippen LogP contribution in [0.1, 0.15) is 29.5 Å². The van der Waals surface area contributed by atoms with Gasteiger partial charge in [-0.25, -0.2) is 0 Å². The van der Waals surface area contributed by atoms with Gasteiger partial charge in [-0.3, -0.25) is 4.90 Å². The summed E-state index contributed by atoms with van der Waals surface area (Å²) in [6.45, 7) is 5.84. The lowest BCUT2D eigenvalue weighted by Gasteiger charge is -2.31. The number of likely N-dealkylation sites (tertiary alicyclic amines) is 1. The SMILES string of the molecule is Cc1cccc(CNc2ccccc2CN2CCC(CO)CC2)c1O. The van der Waals surface area contributed by atoms with Crippen molar-refractivity contribution in [1.82, 2.24) is 4.90 Å². The Morgan fingerprint density at radius 3 is 2.52 bits per heavy atom. The number of aryl methyl sites for hydroxylation is 1. The zero-order chi connectivity index (χ0) is 17.6. The maximum atomic E-state index is 10.2. The molecule has 3 rings (SSSR count). The van der Waals surface area contributed by atoms with Crippen LogP contribution in [0.15, 0.2) is 42.5 Å². The number of aliphatic hydroxyl groups is 1. The summed E-state index contributed by atoms with van der Waals surface area (Å²) >= 11 is 0.